The maximum atomic E-state index is 8.73. The lowest BCUT2D eigenvalue weighted by atomic mass is 9.86. The van der Waals surface area contributed by atoms with E-state index < -0.39 is 0 Å². The molecule has 2 aromatic rings. The van der Waals surface area contributed by atoms with Gasteiger partial charge in [-0.3, -0.25) is 0 Å². The van der Waals surface area contributed by atoms with Gasteiger partial charge in [0.05, 0.1) is 10.7 Å². The third-order valence-corrected chi connectivity index (χ3v) is 4.53. The average molecular weight is 318 g/mol. The standard InChI is InChI=1S/C18H26N2OS/c1-18(2,3)15-7-5-14(6-8-15)16-13-22-17(20-16)9-11-19-10-4-12-21/h5-8,13,19,21H,4,9-12H2,1-3H3. The van der Waals surface area contributed by atoms with Crippen LogP contribution in [-0.4, -0.2) is 29.8 Å². The number of nitrogens with zero attached hydrogens (tertiary/aromatic N) is 1. The van der Waals surface area contributed by atoms with E-state index in [-0.39, 0.29) is 12.0 Å². The Morgan fingerprint density at radius 3 is 2.50 bits per heavy atom. The summed E-state index contributed by atoms with van der Waals surface area (Å²) in [6, 6.07) is 8.73. The Balaban J connectivity index is 1.93. The molecule has 0 spiro atoms. The van der Waals surface area contributed by atoms with E-state index >= 15 is 0 Å². The van der Waals surface area contributed by atoms with Crippen molar-refractivity contribution in [3.63, 3.8) is 0 Å². The summed E-state index contributed by atoms with van der Waals surface area (Å²) >= 11 is 1.72. The lowest BCUT2D eigenvalue weighted by Gasteiger charge is -2.18. The second-order valence-corrected chi connectivity index (χ2v) is 7.47. The molecule has 0 unspecified atom stereocenters. The molecular formula is C18H26N2OS. The van der Waals surface area contributed by atoms with Crippen molar-refractivity contribution in [3.8, 4) is 11.3 Å². The zero-order chi connectivity index (χ0) is 16.0. The van der Waals surface area contributed by atoms with Gasteiger partial charge in [-0.25, -0.2) is 4.98 Å². The molecular weight excluding hydrogens is 292 g/mol. The van der Waals surface area contributed by atoms with E-state index in [4.69, 9.17) is 10.1 Å². The molecule has 0 aliphatic heterocycles. The van der Waals surface area contributed by atoms with E-state index in [2.05, 4.69) is 55.7 Å². The van der Waals surface area contributed by atoms with Crippen LogP contribution in [0.2, 0.25) is 0 Å². The summed E-state index contributed by atoms with van der Waals surface area (Å²) in [4.78, 5) is 4.72. The first-order chi connectivity index (χ1) is 10.5. The van der Waals surface area contributed by atoms with Crippen molar-refractivity contribution in [2.45, 2.75) is 39.0 Å². The highest BCUT2D eigenvalue weighted by molar-refractivity contribution is 7.09. The number of aliphatic hydroxyl groups excluding tert-OH is 1. The summed E-state index contributed by atoms with van der Waals surface area (Å²) in [5.41, 5.74) is 3.78. The van der Waals surface area contributed by atoms with Gasteiger partial charge in [0, 0.05) is 30.5 Å². The van der Waals surface area contributed by atoms with Crippen LogP contribution in [0.25, 0.3) is 11.3 Å². The van der Waals surface area contributed by atoms with Gasteiger partial charge in [0.1, 0.15) is 0 Å². The van der Waals surface area contributed by atoms with Gasteiger partial charge < -0.3 is 10.4 Å². The van der Waals surface area contributed by atoms with Crippen molar-refractivity contribution in [1.82, 2.24) is 10.3 Å². The summed E-state index contributed by atoms with van der Waals surface area (Å²) in [5.74, 6) is 0. The van der Waals surface area contributed by atoms with Crippen molar-refractivity contribution in [3.05, 3.63) is 40.2 Å². The minimum absolute atomic E-state index is 0.187. The molecule has 120 valence electrons. The first kappa shape index (κ1) is 17.1. The number of hydrogen-bond acceptors (Lipinski definition) is 4. The highest BCUT2D eigenvalue weighted by atomic mass is 32.1. The molecule has 2 N–H and O–H groups in total. The van der Waals surface area contributed by atoms with Gasteiger partial charge in [0.2, 0.25) is 0 Å². The van der Waals surface area contributed by atoms with E-state index in [1.807, 2.05) is 0 Å². The van der Waals surface area contributed by atoms with E-state index in [9.17, 15) is 0 Å². The van der Waals surface area contributed by atoms with Gasteiger partial charge in [0.25, 0.3) is 0 Å². The molecule has 0 saturated heterocycles. The Morgan fingerprint density at radius 1 is 1.14 bits per heavy atom. The molecule has 2 rings (SSSR count). The van der Waals surface area contributed by atoms with Gasteiger partial charge in [-0.2, -0.15) is 0 Å². The SMILES string of the molecule is CC(C)(C)c1ccc(-c2csc(CCNCCCO)n2)cc1. The first-order valence-electron chi connectivity index (χ1n) is 7.87. The third kappa shape index (κ3) is 4.90. The van der Waals surface area contributed by atoms with Gasteiger partial charge in [-0.1, -0.05) is 45.0 Å². The molecule has 0 amide bonds. The van der Waals surface area contributed by atoms with Gasteiger partial charge in [0.15, 0.2) is 0 Å². The molecule has 0 saturated carbocycles. The summed E-state index contributed by atoms with van der Waals surface area (Å²) < 4.78 is 0. The molecule has 0 radical (unpaired) electrons. The zero-order valence-corrected chi connectivity index (χ0v) is 14.5. The monoisotopic (exact) mass is 318 g/mol. The van der Waals surface area contributed by atoms with Crippen LogP contribution < -0.4 is 5.32 Å². The fourth-order valence-electron chi connectivity index (χ4n) is 2.22. The third-order valence-electron chi connectivity index (χ3n) is 3.63. The molecule has 0 aliphatic rings. The van der Waals surface area contributed by atoms with Crippen molar-refractivity contribution in [2.24, 2.45) is 0 Å². The molecule has 4 heteroatoms. The Kier molecular flexibility index (Phi) is 6.12. The fraction of sp³-hybridized carbons (Fsp3) is 0.500. The number of nitrogens with one attached hydrogen (secondary N) is 1. The highest BCUT2D eigenvalue weighted by Gasteiger charge is 2.13. The Morgan fingerprint density at radius 2 is 1.86 bits per heavy atom. The molecule has 1 aromatic heterocycles. The van der Waals surface area contributed by atoms with E-state index in [1.54, 1.807) is 11.3 Å². The smallest absolute Gasteiger partial charge is 0.0945 e. The van der Waals surface area contributed by atoms with E-state index in [0.29, 0.717) is 0 Å². The maximum absolute atomic E-state index is 8.73. The molecule has 1 heterocycles. The van der Waals surface area contributed by atoms with E-state index in [1.165, 1.54) is 11.1 Å². The molecule has 22 heavy (non-hydrogen) atoms. The Labute approximate surface area is 137 Å². The van der Waals surface area contributed by atoms with Crippen LogP contribution >= 0.6 is 11.3 Å². The van der Waals surface area contributed by atoms with Gasteiger partial charge in [-0.15, -0.1) is 11.3 Å². The predicted octanol–water partition coefficient (Wildman–Crippen LogP) is 3.62. The Bertz CT molecular complexity index is 570. The topological polar surface area (TPSA) is 45.1 Å². The van der Waals surface area contributed by atoms with Crippen molar-refractivity contribution in [2.75, 3.05) is 19.7 Å². The normalized spacial score (nSPS) is 11.8. The lowest BCUT2D eigenvalue weighted by molar-refractivity contribution is 0.286. The lowest BCUT2D eigenvalue weighted by Crippen LogP contribution is -2.19. The number of thiazole rings is 1. The number of aromatic nitrogens is 1. The molecule has 0 fully saturated rings. The highest BCUT2D eigenvalue weighted by Crippen LogP contribution is 2.27. The van der Waals surface area contributed by atoms with Crippen LogP contribution in [0.15, 0.2) is 29.6 Å². The quantitative estimate of drug-likeness (QED) is 0.766. The number of aliphatic hydroxyl groups is 1. The maximum Gasteiger partial charge on any atom is 0.0945 e. The van der Waals surface area contributed by atoms with E-state index in [0.717, 1.165) is 36.6 Å². The second kappa shape index (κ2) is 7.86. The molecule has 0 atom stereocenters. The van der Waals surface area contributed by atoms with Crippen LogP contribution in [0.5, 0.6) is 0 Å². The van der Waals surface area contributed by atoms with Gasteiger partial charge in [-0.05, 0) is 23.9 Å². The van der Waals surface area contributed by atoms with Crippen LogP contribution in [0.3, 0.4) is 0 Å². The first-order valence-corrected chi connectivity index (χ1v) is 8.75. The minimum Gasteiger partial charge on any atom is -0.396 e. The number of rotatable bonds is 7. The largest absolute Gasteiger partial charge is 0.396 e. The van der Waals surface area contributed by atoms with Gasteiger partial charge >= 0.3 is 0 Å². The second-order valence-electron chi connectivity index (χ2n) is 6.53. The molecule has 3 nitrogen and oxygen atoms in total. The fourth-order valence-corrected chi connectivity index (χ4v) is 3.03. The number of benzene rings is 1. The van der Waals surface area contributed by atoms with Crippen LogP contribution in [-0.2, 0) is 11.8 Å². The zero-order valence-electron chi connectivity index (χ0n) is 13.7. The number of hydrogen-bond donors (Lipinski definition) is 2. The van der Waals surface area contributed by atoms with Crippen LogP contribution in [0, 0.1) is 0 Å². The predicted molar refractivity (Wildman–Crippen MR) is 94.5 cm³/mol. The summed E-state index contributed by atoms with van der Waals surface area (Å²) in [6.45, 7) is 8.71. The molecule has 0 bridgehead atoms. The Hall–Kier alpha value is -1.23. The summed E-state index contributed by atoms with van der Waals surface area (Å²) in [6.07, 6.45) is 1.75. The molecule has 1 aromatic carbocycles. The minimum atomic E-state index is 0.187. The molecule has 0 aliphatic carbocycles. The van der Waals surface area contributed by atoms with Crippen LogP contribution in [0.1, 0.15) is 37.8 Å². The summed E-state index contributed by atoms with van der Waals surface area (Å²) in [7, 11) is 0. The van der Waals surface area contributed by atoms with Crippen molar-refractivity contribution in [1.29, 1.82) is 0 Å². The summed E-state index contributed by atoms with van der Waals surface area (Å²) in [5, 5.41) is 15.3. The average Bonchev–Trinajstić information content (AvgIpc) is 2.95. The van der Waals surface area contributed by atoms with Crippen molar-refractivity contribution >= 4 is 11.3 Å². The van der Waals surface area contributed by atoms with Crippen LogP contribution in [0.4, 0.5) is 0 Å². The van der Waals surface area contributed by atoms with Crippen molar-refractivity contribution < 1.29 is 5.11 Å².